The van der Waals surface area contributed by atoms with E-state index in [9.17, 15) is 14.7 Å². The summed E-state index contributed by atoms with van der Waals surface area (Å²) < 4.78 is 6.14. The molecule has 1 unspecified atom stereocenters. The molecule has 1 heterocycles. The number of likely N-dealkylation sites (tertiary alicyclic amines) is 1. The number of methoxy groups -OCH3 is 1. The number of carbonyl (C=O) groups is 2. The Morgan fingerprint density at radius 2 is 2.17 bits per heavy atom. The van der Waals surface area contributed by atoms with E-state index in [1.54, 1.807) is 12.0 Å². The van der Waals surface area contributed by atoms with Crippen molar-refractivity contribution in [2.75, 3.05) is 26.8 Å². The Morgan fingerprint density at radius 1 is 1.42 bits per heavy atom. The summed E-state index contributed by atoms with van der Waals surface area (Å²) >= 11 is 3.45. The first-order valence-electron chi connectivity index (χ1n) is 8.17. The molecule has 1 aromatic carbocycles. The lowest BCUT2D eigenvalue weighted by molar-refractivity contribution is -0.142. The molecule has 1 amide bonds. The summed E-state index contributed by atoms with van der Waals surface area (Å²) in [7, 11) is 1.62. The van der Waals surface area contributed by atoms with Crippen LogP contribution < -0.4 is 0 Å². The van der Waals surface area contributed by atoms with E-state index in [-0.39, 0.29) is 17.7 Å². The van der Waals surface area contributed by atoms with Crippen LogP contribution in [0.1, 0.15) is 18.9 Å². The van der Waals surface area contributed by atoms with Crippen molar-refractivity contribution in [1.82, 2.24) is 4.90 Å². The summed E-state index contributed by atoms with van der Waals surface area (Å²) in [5.41, 5.74) is 1.08. The Hall–Kier alpha value is -1.40. The molecule has 0 radical (unpaired) electrons. The molecular weight excluding hydrogens is 374 g/mol. The van der Waals surface area contributed by atoms with Gasteiger partial charge in [-0.05, 0) is 36.5 Å². The van der Waals surface area contributed by atoms with Crippen LogP contribution >= 0.6 is 15.9 Å². The van der Waals surface area contributed by atoms with E-state index in [4.69, 9.17) is 4.74 Å². The van der Waals surface area contributed by atoms with Crippen molar-refractivity contribution in [3.8, 4) is 0 Å². The summed E-state index contributed by atoms with van der Waals surface area (Å²) in [5, 5.41) is 9.27. The number of hydrogen-bond acceptors (Lipinski definition) is 3. The Labute approximate surface area is 151 Å². The molecule has 1 aromatic rings. The second kappa shape index (κ2) is 8.62. The maximum Gasteiger partial charge on any atom is 0.308 e. The second-order valence-electron chi connectivity index (χ2n) is 6.48. The molecule has 0 saturated carbocycles. The molecule has 1 N–H and O–H groups in total. The van der Waals surface area contributed by atoms with E-state index in [0.717, 1.165) is 10.0 Å². The first-order valence-corrected chi connectivity index (χ1v) is 8.96. The molecule has 1 fully saturated rings. The van der Waals surface area contributed by atoms with Crippen LogP contribution in [0.4, 0.5) is 0 Å². The number of amides is 1. The van der Waals surface area contributed by atoms with Crippen molar-refractivity contribution in [2.45, 2.75) is 19.8 Å². The summed E-state index contributed by atoms with van der Waals surface area (Å²) in [4.78, 5) is 25.9. The van der Waals surface area contributed by atoms with Crippen molar-refractivity contribution in [2.24, 2.45) is 17.8 Å². The molecule has 24 heavy (non-hydrogen) atoms. The third kappa shape index (κ3) is 4.80. The molecule has 5 nitrogen and oxygen atoms in total. The van der Waals surface area contributed by atoms with Crippen molar-refractivity contribution in [1.29, 1.82) is 0 Å². The number of carbonyl (C=O) groups excluding carboxylic acids is 1. The van der Waals surface area contributed by atoms with Gasteiger partial charge in [0.1, 0.15) is 0 Å². The average molecular weight is 398 g/mol. The number of halogens is 1. The quantitative estimate of drug-likeness (QED) is 0.767. The van der Waals surface area contributed by atoms with E-state index in [2.05, 4.69) is 15.9 Å². The van der Waals surface area contributed by atoms with Gasteiger partial charge >= 0.3 is 5.97 Å². The predicted octanol–water partition coefficient (Wildman–Crippen LogP) is 2.82. The van der Waals surface area contributed by atoms with E-state index < -0.39 is 11.9 Å². The van der Waals surface area contributed by atoms with E-state index in [0.29, 0.717) is 32.5 Å². The maximum absolute atomic E-state index is 12.9. The summed E-state index contributed by atoms with van der Waals surface area (Å²) in [6, 6.07) is 7.93. The Kier molecular flexibility index (Phi) is 6.80. The number of ether oxygens (including phenoxy) is 1. The first kappa shape index (κ1) is 18.9. The van der Waals surface area contributed by atoms with Crippen LogP contribution in [0.2, 0.25) is 0 Å². The van der Waals surface area contributed by atoms with Gasteiger partial charge in [-0.25, -0.2) is 0 Å². The molecule has 132 valence electrons. The summed E-state index contributed by atoms with van der Waals surface area (Å²) in [6.45, 7) is 3.22. The zero-order valence-corrected chi connectivity index (χ0v) is 15.7. The Balaban J connectivity index is 2.09. The summed E-state index contributed by atoms with van der Waals surface area (Å²) in [6.07, 6.45) is 1.26. The molecule has 2 rings (SSSR count). The molecular formula is C18H24BrNO4. The largest absolute Gasteiger partial charge is 0.481 e. The van der Waals surface area contributed by atoms with Gasteiger partial charge in [-0.15, -0.1) is 0 Å². The number of hydrogen-bond donors (Lipinski definition) is 1. The van der Waals surface area contributed by atoms with E-state index in [1.165, 1.54) is 0 Å². The minimum absolute atomic E-state index is 0.0135. The van der Waals surface area contributed by atoms with E-state index in [1.807, 2.05) is 31.2 Å². The van der Waals surface area contributed by atoms with Crippen LogP contribution in [0.5, 0.6) is 0 Å². The lowest BCUT2D eigenvalue weighted by atomic mass is 9.95. The minimum atomic E-state index is -0.821. The molecule has 0 bridgehead atoms. The normalized spacial score (nSPS) is 21.7. The van der Waals surface area contributed by atoms with Gasteiger partial charge in [0.25, 0.3) is 0 Å². The average Bonchev–Trinajstić information content (AvgIpc) is 2.93. The van der Waals surface area contributed by atoms with Crippen LogP contribution in [0.25, 0.3) is 0 Å². The maximum atomic E-state index is 12.9. The SMILES string of the molecule is COCCC(Cc1cccc(Br)c1)C(=O)N1C[C@@H](C)[C@H](C(=O)O)C1. The van der Waals surface area contributed by atoms with E-state index >= 15 is 0 Å². The number of benzene rings is 1. The zero-order chi connectivity index (χ0) is 17.7. The highest BCUT2D eigenvalue weighted by atomic mass is 79.9. The van der Waals surface area contributed by atoms with Gasteiger partial charge in [0.05, 0.1) is 5.92 Å². The topological polar surface area (TPSA) is 66.8 Å². The minimum Gasteiger partial charge on any atom is -0.481 e. The predicted molar refractivity (Wildman–Crippen MR) is 94.7 cm³/mol. The van der Waals surface area contributed by atoms with Crippen LogP contribution in [-0.2, 0) is 20.7 Å². The Bertz CT molecular complexity index is 592. The highest BCUT2D eigenvalue weighted by Crippen LogP contribution is 2.27. The smallest absolute Gasteiger partial charge is 0.308 e. The zero-order valence-electron chi connectivity index (χ0n) is 14.1. The van der Waals surface area contributed by atoms with Crippen molar-refractivity contribution in [3.05, 3.63) is 34.3 Å². The van der Waals surface area contributed by atoms with Crippen LogP contribution in [-0.4, -0.2) is 48.7 Å². The fourth-order valence-corrected chi connectivity index (χ4v) is 3.69. The van der Waals surface area contributed by atoms with Gasteiger partial charge in [-0.3, -0.25) is 9.59 Å². The molecule has 6 heteroatoms. The lowest BCUT2D eigenvalue weighted by Gasteiger charge is -2.23. The molecule has 0 aliphatic carbocycles. The fraction of sp³-hybridized carbons (Fsp3) is 0.556. The molecule has 1 aliphatic heterocycles. The summed E-state index contributed by atoms with van der Waals surface area (Å²) in [5.74, 6) is -1.47. The van der Waals surface area contributed by atoms with Crippen LogP contribution in [0, 0.1) is 17.8 Å². The Morgan fingerprint density at radius 3 is 2.75 bits per heavy atom. The standard InChI is InChI=1S/C18H24BrNO4/c1-12-10-20(11-16(12)18(22)23)17(21)14(6-7-24-2)8-13-4-3-5-15(19)9-13/h3-5,9,12,14,16H,6-8,10-11H2,1-2H3,(H,22,23)/t12-,14?,16-/m1/s1. The van der Waals surface area contributed by atoms with Gasteiger partial charge in [-0.2, -0.15) is 0 Å². The molecule has 1 saturated heterocycles. The van der Waals surface area contributed by atoms with Crippen LogP contribution in [0.15, 0.2) is 28.7 Å². The number of carboxylic acids is 1. The third-order valence-corrected chi connectivity index (χ3v) is 5.13. The molecule has 3 atom stereocenters. The highest BCUT2D eigenvalue weighted by Gasteiger charge is 2.38. The van der Waals surface area contributed by atoms with Gasteiger partial charge in [0.15, 0.2) is 0 Å². The number of aliphatic carboxylic acids is 1. The van der Waals surface area contributed by atoms with Gasteiger partial charge in [0, 0.05) is 37.2 Å². The molecule has 0 aromatic heterocycles. The van der Waals surface area contributed by atoms with Gasteiger partial charge < -0.3 is 14.7 Å². The third-order valence-electron chi connectivity index (χ3n) is 4.63. The fourth-order valence-electron chi connectivity index (χ4n) is 3.25. The number of carboxylic acid groups (broad SMARTS) is 1. The van der Waals surface area contributed by atoms with Gasteiger partial charge in [0.2, 0.25) is 5.91 Å². The monoisotopic (exact) mass is 397 g/mol. The first-order chi connectivity index (χ1) is 11.4. The van der Waals surface area contributed by atoms with Crippen molar-refractivity contribution >= 4 is 27.8 Å². The number of nitrogens with zero attached hydrogens (tertiary/aromatic N) is 1. The molecule has 0 spiro atoms. The van der Waals surface area contributed by atoms with Crippen molar-refractivity contribution in [3.63, 3.8) is 0 Å². The van der Waals surface area contributed by atoms with Gasteiger partial charge in [-0.1, -0.05) is 35.0 Å². The number of rotatable bonds is 7. The van der Waals surface area contributed by atoms with Crippen LogP contribution in [0.3, 0.4) is 0 Å². The van der Waals surface area contributed by atoms with Crippen molar-refractivity contribution < 1.29 is 19.4 Å². The lowest BCUT2D eigenvalue weighted by Crippen LogP contribution is -2.36. The second-order valence-corrected chi connectivity index (χ2v) is 7.39. The molecule has 1 aliphatic rings. The highest BCUT2D eigenvalue weighted by molar-refractivity contribution is 9.10.